The van der Waals surface area contributed by atoms with Crippen LogP contribution in [0, 0.1) is 0 Å². The van der Waals surface area contributed by atoms with E-state index in [1.807, 2.05) is 0 Å². The minimum Gasteiger partial charge on any atom is -0.310 e. The van der Waals surface area contributed by atoms with Crippen molar-refractivity contribution in [3.05, 3.63) is 198 Å². The number of fused-ring (bicyclic) bond motifs is 13. The van der Waals surface area contributed by atoms with Crippen LogP contribution in [0.4, 0.5) is 17.1 Å². The van der Waals surface area contributed by atoms with E-state index in [4.69, 9.17) is 0 Å². The first kappa shape index (κ1) is 27.2. The van der Waals surface area contributed by atoms with E-state index in [1.54, 1.807) is 0 Å². The van der Waals surface area contributed by atoms with Crippen LogP contribution in [0.25, 0.3) is 43.8 Å². The average Bonchev–Trinajstić information content (AvgIpc) is 3.61. The fourth-order valence-corrected chi connectivity index (χ4v) is 8.69. The lowest BCUT2D eigenvalue weighted by Crippen LogP contribution is -2.26. The third-order valence-corrected chi connectivity index (χ3v) is 10.8. The van der Waals surface area contributed by atoms with E-state index >= 15 is 0 Å². The summed E-state index contributed by atoms with van der Waals surface area (Å²) in [6.45, 7) is 2.21. The number of benzene rings is 8. The highest BCUT2D eigenvalue weighted by molar-refractivity contribution is 6.07. The van der Waals surface area contributed by atoms with Crippen LogP contribution in [-0.4, -0.2) is 0 Å². The van der Waals surface area contributed by atoms with Crippen LogP contribution < -0.4 is 4.90 Å². The van der Waals surface area contributed by atoms with Crippen molar-refractivity contribution >= 4 is 38.6 Å². The minimum atomic E-state index is -0.405. The Labute approximate surface area is 281 Å². The molecule has 1 heteroatoms. The van der Waals surface area contributed by atoms with Crippen LogP contribution in [0.5, 0.6) is 0 Å². The highest BCUT2D eigenvalue weighted by Gasteiger charge is 2.52. The van der Waals surface area contributed by atoms with Gasteiger partial charge < -0.3 is 4.90 Å². The Morgan fingerprint density at radius 3 is 1.73 bits per heavy atom. The van der Waals surface area contributed by atoms with Gasteiger partial charge >= 0.3 is 0 Å². The van der Waals surface area contributed by atoms with Gasteiger partial charge in [0.2, 0.25) is 0 Å². The number of nitrogens with zero attached hydrogens (tertiary/aromatic N) is 1. The van der Waals surface area contributed by atoms with Gasteiger partial charge in [0.15, 0.2) is 0 Å². The van der Waals surface area contributed by atoms with Gasteiger partial charge in [0.25, 0.3) is 0 Å². The SMILES string of the molecule is CCc1ccc(N(c2ccccc2)c2ccc3c4c(ccc3c2)-c2cc3ccccc3cc2C42c3ccccc3-c3ccccc32)cc1. The van der Waals surface area contributed by atoms with Gasteiger partial charge in [-0.3, -0.25) is 0 Å². The maximum Gasteiger partial charge on any atom is 0.0731 e. The van der Waals surface area contributed by atoms with Crippen molar-refractivity contribution in [1.82, 2.24) is 0 Å². The summed E-state index contributed by atoms with van der Waals surface area (Å²) in [6, 6.07) is 63.4. The summed E-state index contributed by atoms with van der Waals surface area (Å²) in [4.78, 5) is 2.38. The van der Waals surface area contributed by atoms with Crippen LogP contribution in [0.3, 0.4) is 0 Å². The van der Waals surface area contributed by atoms with Crippen LogP contribution >= 0.6 is 0 Å². The summed E-state index contributed by atoms with van der Waals surface area (Å²) in [6.07, 6.45) is 1.03. The number of aryl methyl sites for hydroxylation is 1. The van der Waals surface area contributed by atoms with Gasteiger partial charge in [0.05, 0.1) is 5.41 Å². The molecule has 0 N–H and O–H groups in total. The second-order valence-electron chi connectivity index (χ2n) is 13.2. The molecule has 0 saturated heterocycles. The lowest BCUT2D eigenvalue weighted by molar-refractivity contribution is 0.802. The molecule has 0 radical (unpaired) electrons. The standard InChI is InChI=1S/C47H33N/c1-2-31-20-23-36(24-21-31)48(35-14-4-3-5-15-35)37-25-27-38-34(28-37)22-26-41-42-29-32-12-6-7-13-33(32)30-45(42)47(46(38)41)43-18-10-8-16-39(43)40-17-9-11-19-44(40)47/h3-30H,2H2,1H3. The minimum absolute atomic E-state index is 0.405. The molecule has 0 heterocycles. The first-order valence-electron chi connectivity index (χ1n) is 17.0. The maximum atomic E-state index is 2.47. The van der Waals surface area contributed by atoms with Crippen molar-refractivity contribution in [3.63, 3.8) is 0 Å². The van der Waals surface area contributed by atoms with Crippen LogP contribution in [-0.2, 0) is 11.8 Å². The topological polar surface area (TPSA) is 3.24 Å². The predicted octanol–water partition coefficient (Wildman–Crippen LogP) is 12.4. The van der Waals surface area contributed by atoms with E-state index in [0.717, 1.165) is 23.5 Å². The number of para-hydroxylation sites is 1. The Balaban J connectivity index is 1.27. The van der Waals surface area contributed by atoms with E-state index < -0.39 is 5.41 Å². The molecule has 8 aromatic rings. The fourth-order valence-electron chi connectivity index (χ4n) is 8.69. The maximum absolute atomic E-state index is 2.47. The molecule has 1 spiro atoms. The Bertz CT molecular complexity index is 2500. The predicted molar refractivity (Wildman–Crippen MR) is 202 cm³/mol. The summed E-state index contributed by atoms with van der Waals surface area (Å²) >= 11 is 0. The normalized spacial score (nSPS) is 13.4. The van der Waals surface area contributed by atoms with Gasteiger partial charge in [0.1, 0.15) is 0 Å². The van der Waals surface area contributed by atoms with Gasteiger partial charge in [0, 0.05) is 17.1 Å². The smallest absolute Gasteiger partial charge is 0.0731 e. The Morgan fingerprint density at radius 2 is 1.02 bits per heavy atom. The fraction of sp³-hybridized carbons (Fsp3) is 0.0638. The van der Waals surface area contributed by atoms with Crippen LogP contribution in [0.2, 0.25) is 0 Å². The second kappa shape index (κ2) is 10.3. The van der Waals surface area contributed by atoms with Gasteiger partial charge in [-0.15, -0.1) is 0 Å². The summed E-state index contributed by atoms with van der Waals surface area (Å²) in [5.41, 5.74) is 15.3. The third kappa shape index (κ3) is 3.67. The average molecular weight is 612 g/mol. The first-order valence-corrected chi connectivity index (χ1v) is 17.0. The summed E-state index contributed by atoms with van der Waals surface area (Å²) < 4.78 is 0. The molecule has 0 atom stereocenters. The molecular weight excluding hydrogens is 579 g/mol. The molecule has 48 heavy (non-hydrogen) atoms. The molecule has 0 aliphatic heterocycles. The Hall–Kier alpha value is -5.92. The zero-order valence-corrected chi connectivity index (χ0v) is 26.8. The van der Waals surface area contributed by atoms with Crippen molar-refractivity contribution in [3.8, 4) is 22.3 Å². The van der Waals surface area contributed by atoms with E-state index in [-0.39, 0.29) is 0 Å². The van der Waals surface area contributed by atoms with Crippen molar-refractivity contribution < 1.29 is 0 Å². The molecule has 226 valence electrons. The number of anilines is 3. The van der Waals surface area contributed by atoms with Crippen molar-refractivity contribution in [2.75, 3.05) is 4.90 Å². The Morgan fingerprint density at radius 1 is 0.417 bits per heavy atom. The quantitative estimate of drug-likeness (QED) is 0.191. The van der Waals surface area contributed by atoms with Gasteiger partial charge in [-0.05, 0) is 127 Å². The Kier molecular flexibility index (Phi) is 5.83. The second-order valence-corrected chi connectivity index (χ2v) is 13.2. The number of hydrogen-bond acceptors (Lipinski definition) is 1. The molecule has 0 unspecified atom stereocenters. The van der Waals surface area contributed by atoms with Crippen molar-refractivity contribution in [1.29, 1.82) is 0 Å². The molecule has 1 nitrogen and oxygen atoms in total. The summed E-state index contributed by atoms with van der Waals surface area (Å²) in [7, 11) is 0. The largest absolute Gasteiger partial charge is 0.310 e. The molecule has 0 saturated carbocycles. The third-order valence-electron chi connectivity index (χ3n) is 10.8. The molecular formula is C47H33N. The monoisotopic (exact) mass is 611 g/mol. The molecule has 0 fully saturated rings. The summed E-state index contributed by atoms with van der Waals surface area (Å²) in [5, 5.41) is 5.11. The zero-order chi connectivity index (χ0) is 31.8. The van der Waals surface area contributed by atoms with E-state index in [2.05, 4.69) is 182 Å². The molecule has 10 rings (SSSR count). The molecule has 8 aromatic carbocycles. The number of hydrogen-bond donors (Lipinski definition) is 0. The van der Waals surface area contributed by atoms with E-state index in [1.165, 1.54) is 71.6 Å². The summed E-state index contributed by atoms with van der Waals surface area (Å²) in [5.74, 6) is 0. The molecule has 0 amide bonds. The molecule has 2 aliphatic carbocycles. The molecule has 2 aliphatic rings. The van der Waals surface area contributed by atoms with E-state index in [9.17, 15) is 0 Å². The highest BCUT2D eigenvalue weighted by Crippen LogP contribution is 2.64. The van der Waals surface area contributed by atoms with Crippen molar-refractivity contribution in [2.45, 2.75) is 18.8 Å². The van der Waals surface area contributed by atoms with Crippen LogP contribution in [0.15, 0.2) is 170 Å². The molecule has 0 aromatic heterocycles. The van der Waals surface area contributed by atoms with Gasteiger partial charge in [-0.1, -0.05) is 128 Å². The number of rotatable bonds is 4. The lowest BCUT2D eigenvalue weighted by Gasteiger charge is -2.32. The van der Waals surface area contributed by atoms with E-state index in [0.29, 0.717) is 0 Å². The zero-order valence-electron chi connectivity index (χ0n) is 26.8. The molecule has 0 bridgehead atoms. The van der Waals surface area contributed by atoms with Crippen LogP contribution in [0.1, 0.15) is 34.7 Å². The van der Waals surface area contributed by atoms with Crippen molar-refractivity contribution in [2.24, 2.45) is 0 Å². The van der Waals surface area contributed by atoms with Gasteiger partial charge in [-0.2, -0.15) is 0 Å². The lowest BCUT2D eigenvalue weighted by atomic mass is 9.69. The first-order chi connectivity index (χ1) is 23.8. The highest BCUT2D eigenvalue weighted by atomic mass is 15.1. The van der Waals surface area contributed by atoms with Gasteiger partial charge in [-0.25, -0.2) is 0 Å².